The molecule has 0 radical (unpaired) electrons. The second-order valence-electron chi connectivity index (χ2n) is 27.2. The Labute approximate surface area is 660 Å². The summed E-state index contributed by atoms with van der Waals surface area (Å²) in [4.78, 5) is 168. The number of benzene rings is 2. The molecule has 2 aliphatic rings. The Kier molecular flexibility index (Phi) is 47.1. The number of aryl methyl sites for hydroxylation is 2. The second kappa shape index (κ2) is 53.7. The van der Waals surface area contributed by atoms with Gasteiger partial charge in [-0.15, -0.1) is 0 Å². The number of amides is 2. The van der Waals surface area contributed by atoms with E-state index in [1.807, 2.05) is 105 Å². The van der Waals surface area contributed by atoms with Crippen LogP contribution >= 0.6 is 0 Å². The maximum atomic E-state index is 13.7. The van der Waals surface area contributed by atoms with E-state index >= 15 is 0 Å². The van der Waals surface area contributed by atoms with Crippen LogP contribution in [0.25, 0.3) is 0 Å². The molecule has 2 amide bonds. The van der Waals surface area contributed by atoms with Crippen molar-refractivity contribution in [1.82, 2.24) is 10.6 Å². The largest absolute Gasteiger partial charge is 0.479 e. The number of aliphatic carboxylic acids is 1. The summed E-state index contributed by atoms with van der Waals surface area (Å²) in [7, 11) is 0. The molecule has 2 saturated carbocycles. The van der Waals surface area contributed by atoms with E-state index in [0.717, 1.165) is 52.5 Å². The van der Waals surface area contributed by atoms with Crippen molar-refractivity contribution in [2.75, 3.05) is 13.1 Å². The van der Waals surface area contributed by atoms with E-state index in [2.05, 4.69) is 20.1 Å². The third-order valence-corrected chi connectivity index (χ3v) is 17.5. The van der Waals surface area contributed by atoms with Gasteiger partial charge in [-0.2, -0.15) is 0 Å². The van der Waals surface area contributed by atoms with Crippen LogP contribution < -0.4 is 10.6 Å². The molecule has 2 aromatic carbocycles. The van der Waals surface area contributed by atoms with E-state index < -0.39 is 169 Å². The van der Waals surface area contributed by atoms with Gasteiger partial charge in [0.25, 0.3) is 0 Å². The fourth-order valence-electron chi connectivity index (χ4n) is 11.6. The van der Waals surface area contributed by atoms with Gasteiger partial charge >= 0.3 is 71.6 Å². The van der Waals surface area contributed by atoms with Crippen LogP contribution in [0.2, 0.25) is 0 Å². The van der Waals surface area contributed by atoms with Crippen molar-refractivity contribution in [2.45, 2.75) is 272 Å². The Balaban J connectivity index is 0.000000796. The molecular formula is C82H116N2O29. The predicted molar refractivity (Wildman–Crippen MR) is 406 cm³/mol. The van der Waals surface area contributed by atoms with Gasteiger partial charge in [-0.3, -0.25) is 28.8 Å². The van der Waals surface area contributed by atoms with E-state index in [1.54, 1.807) is 18.2 Å². The molecule has 31 heteroatoms. The van der Waals surface area contributed by atoms with Crippen LogP contribution in [0.3, 0.4) is 0 Å². The number of hydrogen-bond acceptors (Lipinski definition) is 28. The number of carbonyl (C=O) groups is 14. The van der Waals surface area contributed by atoms with Crippen LogP contribution in [0, 0.1) is 23.7 Å². The zero-order chi connectivity index (χ0) is 84.9. The molecule has 2 aromatic rings. The summed E-state index contributed by atoms with van der Waals surface area (Å²) < 4.78 is 57.1. The van der Waals surface area contributed by atoms with Crippen LogP contribution in [0.1, 0.15) is 185 Å². The van der Waals surface area contributed by atoms with Gasteiger partial charge in [0.15, 0.2) is 48.8 Å². The lowest BCUT2D eigenvalue weighted by Gasteiger charge is -2.25. The summed E-state index contributed by atoms with van der Waals surface area (Å²) >= 11 is 0. The molecule has 18 atom stereocenters. The molecule has 31 nitrogen and oxygen atoms in total. The van der Waals surface area contributed by atoms with Gasteiger partial charge in [-0.25, -0.2) is 38.4 Å². The van der Waals surface area contributed by atoms with Crippen molar-refractivity contribution in [3.8, 4) is 0 Å². The minimum Gasteiger partial charge on any atom is -0.479 e. The number of allylic oxidation sites excluding steroid dienone is 4. The number of esters is 11. The monoisotopic (exact) mass is 1590 g/mol. The molecule has 113 heavy (non-hydrogen) atoms. The van der Waals surface area contributed by atoms with E-state index in [-0.39, 0.29) is 49.3 Å². The number of aliphatic hydroxyl groups is 3. The molecule has 0 saturated heterocycles. The number of carbonyl (C=O) groups excluding carboxylic acids is 13. The van der Waals surface area contributed by atoms with Crippen molar-refractivity contribution >= 4 is 83.4 Å². The molecule has 0 spiro atoms. The second-order valence-corrected chi connectivity index (χ2v) is 27.2. The molecule has 4 rings (SSSR count). The highest BCUT2D eigenvalue weighted by molar-refractivity contribution is 5.85. The Bertz CT molecular complexity index is 3480. The normalized spacial score (nSPS) is 20.4. The Morgan fingerprint density at radius 2 is 0.788 bits per heavy atom. The molecule has 0 aromatic heterocycles. The number of carboxylic acid groups (broad SMARTS) is 1. The fourth-order valence-corrected chi connectivity index (χ4v) is 11.6. The molecule has 0 heterocycles. The third-order valence-electron chi connectivity index (χ3n) is 17.5. The van der Waals surface area contributed by atoms with E-state index in [9.17, 15) is 82.4 Å². The lowest BCUT2D eigenvalue weighted by Crippen LogP contribution is -2.35. The molecule has 0 unspecified atom stereocenters. The SMILES string of the molecule is CC(=O)O[C@@H](C)C(=O)O[C@@H](C)C(=O)O.CCNC(=O)CCC/C=C\C[C@@H]1[C@@H](/C=C/[C@@H](O)CCc2ccccc2)[C@H](O)C[C@@H]1O.CCNC(=O)CCC/C=C\C[C@@H]1[C@@H](/C=C/[C@H](CCc2ccccc2)OC(=O)[C@H](C)OC(=O)[C@H](C)OC(C)=O)[C@H](OC(=O)[C@H](C)OC(=O)[C@H](C)OC(C)=O)C[C@@H]1OC(=O)[C@H](C)OC(=O)[C@H](C)OC(C)=O. The van der Waals surface area contributed by atoms with Gasteiger partial charge in [0.05, 0.1) is 18.3 Å². The molecule has 0 aliphatic heterocycles. The first-order valence-corrected chi connectivity index (χ1v) is 38.0. The number of rotatable bonds is 43. The fraction of sp³-hybridized carbons (Fsp3) is 0.585. The van der Waals surface area contributed by atoms with E-state index in [1.165, 1.54) is 61.0 Å². The topological polar surface area (TPSA) is 445 Å². The van der Waals surface area contributed by atoms with Crippen molar-refractivity contribution < 1.29 is 140 Å². The quantitative estimate of drug-likeness (QED) is 0.0161. The summed E-state index contributed by atoms with van der Waals surface area (Å²) in [5.41, 5.74) is 2.09. The average Bonchev–Trinajstić information content (AvgIpc) is 1.66. The minimum absolute atomic E-state index is 0.0581. The van der Waals surface area contributed by atoms with Crippen LogP contribution in [-0.2, 0) is 132 Å². The predicted octanol–water partition coefficient (Wildman–Crippen LogP) is 7.55. The summed E-state index contributed by atoms with van der Waals surface area (Å²) in [5.74, 6) is -12.6. The first-order chi connectivity index (χ1) is 53.4. The van der Waals surface area contributed by atoms with Gasteiger partial charge in [-0.1, -0.05) is 103 Å². The number of carboxylic acids is 1. The van der Waals surface area contributed by atoms with Gasteiger partial charge < -0.3 is 83.2 Å². The Morgan fingerprint density at radius 3 is 1.19 bits per heavy atom. The zero-order valence-electron chi connectivity index (χ0n) is 67.1. The van der Waals surface area contributed by atoms with Gasteiger partial charge in [0.1, 0.15) is 18.3 Å². The zero-order valence-corrected chi connectivity index (χ0v) is 67.1. The average molecular weight is 1590 g/mol. The van der Waals surface area contributed by atoms with Crippen molar-refractivity contribution in [3.63, 3.8) is 0 Å². The van der Waals surface area contributed by atoms with Crippen molar-refractivity contribution in [1.29, 1.82) is 0 Å². The standard InChI is InChI=1S/C49H67NO19.C25H37NO4.C8H12O6/c1-11-50-43(54)22-18-13-12-17-21-39-40(26-25-38(24-23-37-19-15-14-16-20-37)67-47(58)31(5)64-44(55)28(2)61-34(8)51)42(69-49(60)33(7)66-46(57)30(4)63-36(10)53)27-41(39)68-48(59)32(6)65-45(56)29(3)62-35(9)52;1-2-26-25(30)13-9-4-3-8-12-21-22(24(29)18-23(21)28)17-16-20(27)15-14-19-10-6-5-7-11-19;1-4(7(10)11)14-8(12)5(2)13-6(3)9/h12,14-17,19-20,25-26,28-33,38-42H,11,13,18,21-24,27H2,1-10H3,(H,50,54);3,5-8,10-11,16-17,20-24,27-29H,2,4,9,12-15,18H2,1H3,(H,26,30);4-5H,1-3H3,(H,10,11)/b17-12-,26-25+;8-3-,17-16+;/t28-,29-,30-,31-,32-,33-,38-,39+,40+,41-,42+;20-,21+,22+,23-,24+;4-,5-/m000/s1. The Morgan fingerprint density at radius 1 is 0.425 bits per heavy atom. The Hall–Kier alpha value is -10.1. The molecular weight excluding hydrogens is 1480 g/mol. The number of unbranched alkanes of at least 4 members (excludes halogenated alkanes) is 2. The van der Waals surface area contributed by atoms with Crippen LogP contribution in [-0.4, -0.2) is 202 Å². The summed E-state index contributed by atoms with van der Waals surface area (Å²) in [6.45, 7) is 19.5. The molecule has 6 N–H and O–H groups in total. The van der Waals surface area contributed by atoms with Crippen LogP contribution in [0.15, 0.2) is 109 Å². The van der Waals surface area contributed by atoms with Gasteiger partial charge in [0.2, 0.25) is 11.8 Å². The lowest BCUT2D eigenvalue weighted by atomic mass is 9.89. The maximum absolute atomic E-state index is 13.7. The van der Waals surface area contributed by atoms with E-state index in [4.69, 9.17) is 47.7 Å². The highest BCUT2D eigenvalue weighted by Crippen LogP contribution is 2.41. The molecule has 2 aliphatic carbocycles. The molecule has 628 valence electrons. The molecule has 0 bridgehead atoms. The van der Waals surface area contributed by atoms with Crippen molar-refractivity contribution in [2.24, 2.45) is 23.7 Å². The van der Waals surface area contributed by atoms with Crippen molar-refractivity contribution in [3.05, 3.63) is 120 Å². The highest BCUT2D eigenvalue weighted by Gasteiger charge is 2.47. The minimum atomic E-state index is -1.50. The smallest absolute Gasteiger partial charge is 0.347 e. The lowest BCUT2D eigenvalue weighted by molar-refractivity contribution is -0.180. The first kappa shape index (κ1) is 98.9. The van der Waals surface area contributed by atoms with Gasteiger partial charge in [-0.05, 0) is 157 Å². The summed E-state index contributed by atoms with van der Waals surface area (Å²) in [6, 6.07) is 19.3. The van der Waals surface area contributed by atoms with Gasteiger partial charge in [0, 0.05) is 84.2 Å². The summed E-state index contributed by atoms with van der Waals surface area (Å²) in [6.07, 6.45) is 5.70. The first-order valence-electron chi connectivity index (χ1n) is 38.0. The number of ether oxygens (including phenoxy) is 11. The summed E-state index contributed by atoms with van der Waals surface area (Å²) in [5, 5.41) is 44.9. The number of aliphatic hydroxyl groups excluding tert-OH is 3. The maximum Gasteiger partial charge on any atom is 0.347 e. The van der Waals surface area contributed by atoms with Crippen LogP contribution in [0.5, 0.6) is 0 Å². The molecule has 2 fully saturated rings. The van der Waals surface area contributed by atoms with E-state index in [0.29, 0.717) is 58.0 Å². The highest BCUT2D eigenvalue weighted by atomic mass is 16.6. The van der Waals surface area contributed by atoms with Crippen LogP contribution in [0.4, 0.5) is 0 Å². The number of hydrogen-bond donors (Lipinski definition) is 6. The number of nitrogens with one attached hydrogen (secondary N) is 2. The third kappa shape index (κ3) is 40.8.